The van der Waals surface area contributed by atoms with Gasteiger partial charge in [-0.25, -0.2) is 0 Å². The fraction of sp³-hybridized carbons (Fsp3) is 0. The van der Waals surface area contributed by atoms with Gasteiger partial charge in [-0.05, 0) is 0 Å². The summed E-state index contributed by atoms with van der Waals surface area (Å²) >= 11 is 0. The van der Waals surface area contributed by atoms with Crippen LogP contribution in [0.25, 0.3) is 0 Å². The highest BCUT2D eigenvalue weighted by atomic mass is 17.2. The molecule has 0 aromatic carbocycles. The molecule has 4 nitrogen and oxygen atoms in total. The quantitative estimate of drug-likeness (QED) is 0.418. The predicted octanol–water partition coefficient (Wildman–Crippen LogP) is -0.452. The van der Waals surface area contributed by atoms with Crippen LogP contribution >= 0.6 is 0 Å². The number of hydrogen-bond acceptors (Lipinski definition) is 4. The van der Waals surface area contributed by atoms with Crippen LogP contribution in [-0.4, -0.2) is 0 Å². The first-order chi connectivity index (χ1) is 3.80. The van der Waals surface area contributed by atoms with Crippen molar-refractivity contribution >= 4 is 0 Å². The summed E-state index contributed by atoms with van der Waals surface area (Å²) in [5, 5.41) is 0. The van der Waals surface area contributed by atoms with Crippen molar-refractivity contribution in [3.63, 3.8) is 0 Å². The molecule has 8 heavy (non-hydrogen) atoms. The van der Waals surface area contributed by atoms with E-state index in [0.717, 1.165) is 0 Å². The van der Waals surface area contributed by atoms with Crippen LogP contribution in [0.2, 0.25) is 0 Å². The Bertz CT molecular complexity index is 150. The Labute approximate surface area is 46.3 Å². The molecule has 1 aliphatic heterocycles. The lowest BCUT2D eigenvalue weighted by molar-refractivity contribution is -0.216. The van der Waals surface area contributed by atoms with Gasteiger partial charge in [-0.3, -0.25) is 9.78 Å². The van der Waals surface area contributed by atoms with Crippen LogP contribution in [0.1, 0.15) is 0 Å². The topological polar surface area (TPSA) is 70.5 Å². The van der Waals surface area contributed by atoms with Crippen LogP contribution in [0.5, 0.6) is 0 Å². The molecule has 4 N–H and O–H groups in total. The maximum atomic E-state index is 5.24. The summed E-state index contributed by atoms with van der Waals surface area (Å²) in [6.07, 6.45) is 2.82. The van der Waals surface area contributed by atoms with Gasteiger partial charge in [0.15, 0.2) is 0 Å². The normalized spacial score (nSPS) is 17.5. The molecule has 0 aromatic rings. The van der Waals surface area contributed by atoms with Crippen molar-refractivity contribution < 1.29 is 9.78 Å². The minimum Gasteiger partial charge on any atom is -0.394 e. The summed E-state index contributed by atoms with van der Waals surface area (Å²) in [7, 11) is 0. The molecule has 0 saturated heterocycles. The molecule has 0 aromatic heterocycles. The molecule has 0 radical (unpaired) electrons. The van der Waals surface area contributed by atoms with Gasteiger partial charge in [0.2, 0.25) is 0 Å². The number of nitrogens with two attached hydrogens (primary N) is 2. The van der Waals surface area contributed by atoms with Crippen molar-refractivity contribution in [2.45, 2.75) is 0 Å². The van der Waals surface area contributed by atoms with Gasteiger partial charge in [0.05, 0.1) is 0 Å². The van der Waals surface area contributed by atoms with Crippen molar-refractivity contribution in [2.24, 2.45) is 11.5 Å². The van der Waals surface area contributed by atoms with Crippen molar-refractivity contribution in [3.8, 4) is 0 Å². The first-order valence-electron chi connectivity index (χ1n) is 2.06. The van der Waals surface area contributed by atoms with E-state index in [0.29, 0.717) is 5.70 Å². The number of rotatable bonds is 0. The van der Waals surface area contributed by atoms with E-state index < -0.39 is 0 Å². The zero-order valence-corrected chi connectivity index (χ0v) is 4.13. The maximum absolute atomic E-state index is 5.24. The Kier molecular flexibility index (Phi) is 0.997. The van der Waals surface area contributed by atoms with Crippen molar-refractivity contribution in [1.29, 1.82) is 0 Å². The Morgan fingerprint density at radius 3 is 2.50 bits per heavy atom. The van der Waals surface area contributed by atoms with Gasteiger partial charge in [-0.1, -0.05) is 0 Å². The maximum Gasteiger partial charge on any atom is 0.264 e. The average molecular weight is 114 g/mol. The fourth-order valence-corrected chi connectivity index (χ4v) is 0.311. The van der Waals surface area contributed by atoms with Gasteiger partial charge >= 0.3 is 0 Å². The second kappa shape index (κ2) is 1.65. The molecule has 0 unspecified atom stereocenters. The zero-order chi connectivity index (χ0) is 5.98. The molecule has 4 heteroatoms. The SMILES string of the molecule is NC1=C(N)OOC=C1. The van der Waals surface area contributed by atoms with Gasteiger partial charge < -0.3 is 11.5 Å². The highest BCUT2D eigenvalue weighted by Crippen LogP contribution is 2.02. The molecule has 1 aliphatic rings. The highest BCUT2D eigenvalue weighted by molar-refractivity contribution is 5.16. The summed E-state index contributed by atoms with van der Waals surface area (Å²) in [6.45, 7) is 0. The monoisotopic (exact) mass is 114 g/mol. The first kappa shape index (κ1) is 4.83. The van der Waals surface area contributed by atoms with Crippen LogP contribution in [0.4, 0.5) is 0 Å². The first-order valence-corrected chi connectivity index (χ1v) is 2.06. The van der Waals surface area contributed by atoms with Crippen LogP contribution < -0.4 is 11.5 Å². The van der Waals surface area contributed by atoms with Gasteiger partial charge in [0, 0.05) is 6.08 Å². The standard InChI is InChI=1S/C4H6N2O2/c5-3-1-2-7-8-4(3)6/h1-2H,5-6H2. The van der Waals surface area contributed by atoms with Crippen molar-refractivity contribution in [1.82, 2.24) is 0 Å². The van der Waals surface area contributed by atoms with Crippen LogP contribution in [0.3, 0.4) is 0 Å². The molecule has 0 atom stereocenters. The minimum atomic E-state index is 0.104. The molecule has 1 heterocycles. The van der Waals surface area contributed by atoms with Gasteiger partial charge in [0.25, 0.3) is 5.88 Å². The van der Waals surface area contributed by atoms with Crippen LogP contribution in [0.15, 0.2) is 23.9 Å². The van der Waals surface area contributed by atoms with Crippen LogP contribution in [-0.2, 0) is 9.78 Å². The lowest BCUT2D eigenvalue weighted by Gasteiger charge is -2.06. The minimum absolute atomic E-state index is 0.104. The summed E-state index contributed by atoms with van der Waals surface area (Å²) in [6, 6.07) is 0. The van der Waals surface area contributed by atoms with E-state index in [1.807, 2.05) is 0 Å². The smallest absolute Gasteiger partial charge is 0.264 e. The van der Waals surface area contributed by atoms with Gasteiger partial charge in [0.1, 0.15) is 12.0 Å². The van der Waals surface area contributed by atoms with E-state index in [1.54, 1.807) is 0 Å². The Balaban J connectivity index is 2.76. The average Bonchev–Trinajstić information content (AvgIpc) is 1.77. The Morgan fingerprint density at radius 2 is 2.12 bits per heavy atom. The highest BCUT2D eigenvalue weighted by Gasteiger charge is 2.00. The third-order valence-electron chi connectivity index (χ3n) is 0.726. The molecule has 0 aliphatic carbocycles. The lowest BCUT2D eigenvalue weighted by Crippen LogP contribution is -2.13. The second-order valence-electron chi connectivity index (χ2n) is 1.30. The molecule has 0 saturated carbocycles. The molecule has 0 amide bonds. The number of allylic oxidation sites excluding steroid dienone is 1. The van der Waals surface area contributed by atoms with Gasteiger partial charge in [-0.15, -0.1) is 0 Å². The van der Waals surface area contributed by atoms with E-state index in [2.05, 4.69) is 9.78 Å². The molecule has 44 valence electrons. The third-order valence-corrected chi connectivity index (χ3v) is 0.726. The van der Waals surface area contributed by atoms with E-state index in [4.69, 9.17) is 11.5 Å². The zero-order valence-electron chi connectivity index (χ0n) is 4.13. The molecule has 0 spiro atoms. The van der Waals surface area contributed by atoms with Crippen molar-refractivity contribution in [2.75, 3.05) is 0 Å². The summed E-state index contributed by atoms with van der Waals surface area (Å²) < 4.78 is 0. The fourth-order valence-electron chi connectivity index (χ4n) is 0.311. The van der Waals surface area contributed by atoms with Gasteiger partial charge in [-0.2, -0.15) is 0 Å². The van der Waals surface area contributed by atoms with Crippen molar-refractivity contribution in [3.05, 3.63) is 23.9 Å². The van der Waals surface area contributed by atoms with E-state index in [-0.39, 0.29) is 5.88 Å². The summed E-state index contributed by atoms with van der Waals surface area (Å²) in [5.74, 6) is 0.104. The Hall–Kier alpha value is -1.32. The largest absolute Gasteiger partial charge is 0.394 e. The molecule has 0 fully saturated rings. The van der Waals surface area contributed by atoms with E-state index in [9.17, 15) is 0 Å². The number of hydrogen-bond donors (Lipinski definition) is 2. The second-order valence-corrected chi connectivity index (χ2v) is 1.30. The predicted molar refractivity (Wildman–Crippen MR) is 26.7 cm³/mol. The Morgan fingerprint density at radius 1 is 1.38 bits per heavy atom. The van der Waals surface area contributed by atoms with E-state index >= 15 is 0 Å². The third kappa shape index (κ3) is 0.676. The molecule has 0 bridgehead atoms. The lowest BCUT2D eigenvalue weighted by atomic mass is 10.4. The molecular formula is C4H6N2O2. The summed E-state index contributed by atoms with van der Waals surface area (Å²) in [5.41, 5.74) is 10.8. The molecular weight excluding hydrogens is 108 g/mol. The summed E-state index contributed by atoms with van der Waals surface area (Å²) in [4.78, 5) is 8.64. The van der Waals surface area contributed by atoms with E-state index in [1.165, 1.54) is 12.3 Å². The van der Waals surface area contributed by atoms with Crippen LogP contribution in [0, 0.1) is 0 Å². The molecule has 1 rings (SSSR count).